The van der Waals surface area contributed by atoms with Gasteiger partial charge in [-0.15, -0.1) is 0 Å². The Hall–Kier alpha value is -0.780. The van der Waals surface area contributed by atoms with E-state index < -0.39 is 33.8 Å². The fraction of sp³-hybridized carbons (Fsp3) is 0.250. The van der Waals surface area contributed by atoms with E-state index in [0.29, 0.717) is 12.1 Å². The first-order valence-corrected chi connectivity index (χ1v) is 4.32. The van der Waals surface area contributed by atoms with Gasteiger partial charge in [0.05, 0.1) is 0 Å². The Balaban J connectivity index is 3.02. The molecule has 0 N–H and O–H groups in total. The van der Waals surface area contributed by atoms with Crippen LogP contribution in [0.1, 0.15) is 5.56 Å². The summed E-state index contributed by atoms with van der Waals surface area (Å²) >= 11 is -0.542. The molecule has 0 nitrogen and oxygen atoms in total. The smallest absolute Gasteiger partial charge is 0.207 e. The van der Waals surface area contributed by atoms with Gasteiger partial charge < -0.3 is 0 Å². The lowest BCUT2D eigenvalue weighted by Crippen LogP contribution is -2.00. The number of benzene rings is 1. The van der Waals surface area contributed by atoms with E-state index in [2.05, 4.69) is 0 Å². The van der Waals surface area contributed by atoms with Gasteiger partial charge >= 0.3 is 5.51 Å². The molecule has 0 aliphatic heterocycles. The van der Waals surface area contributed by atoms with Crippen molar-refractivity contribution in [3.63, 3.8) is 0 Å². The van der Waals surface area contributed by atoms with Crippen molar-refractivity contribution in [2.75, 3.05) is 0 Å². The van der Waals surface area contributed by atoms with Crippen LogP contribution in [-0.2, 0) is 0 Å². The second kappa shape index (κ2) is 3.76. The van der Waals surface area contributed by atoms with Gasteiger partial charge in [-0.2, -0.15) is 13.2 Å². The summed E-state index contributed by atoms with van der Waals surface area (Å²) in [4.78, 5) is -0.488. The van der Waals surface area contributed by atoms with Crippen molar-refractivity contribution in [1.29, 1.82) is 0 Å². The molecule has 0 saturated heterocycles. The lowest BCUT2D eigenvalue weighted by atomic mass is 10.2. The molecule has 6 heteroatoms. The number of thioether (sulfide) groups is 1. The van der Waals surface area contributed by atoms with E-state index in [1.807, 2.05) is 0 Å². The van der Waals surface area contributed by atoms with Crippen LogP contribution in [-0.4, -0.2) is 5.51 Å². The molecule has 0 amide bonds. The summed E-state index contributed by atoms with van der Waals surface area (Å²) in [5.74, 6) is -1.95. The molecule has 0 saturated carbocycles. The zero-order valence-electron chi connectivity index (χ0n) is 6.95. The van der Waals surface area contributed by atoms with Gasteiger partial charge in [0.1, 0.15) is 11.6 Å². The van der Waals surface area contributed by atoms with Gasteiger partial charge in [-0.3, -0.25) is 0 Å². The van der Waals surface area contributed by atoms with E-state index >= 15 is 0 Å². The maximum atomic E-state index is 12.8. The number of hydrogen-bond donors (Lipinski definition) is 0. The first-order chi connectivity index (χ1) is 6.29. The van der Waals surface area contributed by atoms with E-state index in [9.17, 15) is 22.0 Å². The summed E-state index contributed by atoms with van der Waals surface area (Å²) in [7, 11) is 0. The van der Waals surface area contributed by atoms with Gasteiger partial charge in [-0.05, 0) is 30.8 Å². The van der Waals surface area contributed by atoms with Crippen LogP contribution in [0.3, 0.4) is 0 Å². The second-order valence-corrected chi connectivity index (χ2v) is 3.70. The minimum atomic E-state index is -4.53. The third-order valence-corrected chi connectivity index (χ3v) is 2.19. The van der Waals surface area contributed by atoms with E-state index in [1.54, 1.807) is 0 Å². The number of halogens is 5. The van der Waals surface area contributed by atoms with Crippen LogP contribution in [0.2, 0.25) is 0 Å². The monoisotopic (exact) mass is 228 g/mol. The Labute approximate surface area is 81.1 Å². The summed E-state index contributed by atoms with van der Waals surface area (Å²) < 4.78 is 61.1. The lowest BCUT2D eigenvalue weighted by Gasteiger charge is -2.06. The van der Waals surface area contributed by atoms with Crippen LogP contribution in [0.4, 0.5) is 22.0 Å². The lowest BCUT2D eigenvalue weighted by molar-refractivity contribution is -0.0328. The van der Waals surface area contributed by atoms with Gasteiger partial charge in [-0.25, -0.2) is 8.78 Å². The second-order valence-electron chi connectivity index (χ2n) is 2.56. The molecule has 0 fully saturated rings. The van der Waals surface area contributed by atoms with Crippen LogP contribution >= 0.6 is 11.8 Å². The van der Waals surface area contributed by atoms with Gasteiger partial charge in [0.2, 0.25) is 0 Å². The van der Waals surface area contributed by atoms with Crippen LogP contribution in [0.5, 0.6) is 0 Å². The highest BCUT2D eigenvalue weighted by molar-refractivity contribution is 8.00. The summed E-state index contributed by atoms with van der Waals surface area (Å²) in [6.45, 7) is 1.16. The van der Waals surface area contributed by atoms with Crippen molar-refractivity contribution in [2.45, 2.75) is 17.3 Å². The molecule has 0 atom stereocenters. The number of rotatable bonds is 1. The molecular weight excluding hydrogens is 223 g/mol. The predicted molar refractivity (Wildman–Crippen MR) is 43.0 cm³/mol. The van der Waals surface area contributed by atoms with E-state index in [1.165, 1.54) is 0 Å². The number of hydrogen-bond acceptors (Lipinski definition) is 1. The molecular formula is C8H5F5S. The zero-order chi connectivity index (χ0) is 10.9. The Bertz CT molecular complexity index is 321. The largest absolute Gasteiger partial charge is 0.446 e. The molecule has 78 valence electrons. The maximum absolute atomic E-state index is 12.8. The van der Waals surface area contributed by atoms with Crippen molar-refractivity contribution in [3.8, 4) is 0 Å². The zero-order valence-corrected chi connectivity index (χ0v) is 7.77. The predicted octanol–water partition coefficient (Wildman–Crippen LogP) is 3.89. The Morgan fingerprint density at radius 1 is 1.07 bits per heavy atom. The Kier molecular flexibility index (Phi) is 3.04. The normalized spacial score (nSPS) is 11.9. The van der Waals surface area contributed by atoms with E-state index in [4.69, 9.17) is 0 Å². The third kappa shape index (κ3) is 2.87. The van der Waals surface area contributed by atoms with Crippen molar-refractivity contribution in [1.82, 2.24) is 0 Å². The molecule has 0 radical (unpaired) electrons. The molecule has 0 spiro atoms. The van der Waals surface area contributed by atoms with Gasteiger partial charge in [0, 0.05) is 10.5 Å². The minimum absolute atomic E-state index is 0.281. The molecule has 0 heterocycles. The summed E-state index contributed by atoms with van der Waals surface area (Å²) in [6, 6.07) is 1.33. The fourth-order valence-corrected chi connectivity index (χ4v) is 1.41. The summed E-state index contributed by atoms with van der Waals surface area (Å²) in [5, 5.41) is 0. The van der Waals surface area contributed by atoms with Gasteiger partial charge in [0.25, 0.3) is 0 Å². The van der Waals surface area contributed by atoms with Crippen molar-refractivity contribution < 1.29 is 22.0 Å². The van der Waals surface area contributed by atoms with E-state index in [-0.39, 0.29) is 5.56 Å². The molecule has 0 unspecified atom stereocenters. The van der Waals surface area contributed by atoms with Gasteiger partial charge in [-0.1, -0.05) is 0 Å². The summed E-state index contributed by atoms with van der Waals surface area (Å²) in [5.41, 5.74) is -4.81. The molecule has 1 rings (SSSR count). The average molecular weight is 228 g/mol. The molecule has 0 bridgehead atoms. The van der Waals surface area contributed by atoms with E-state index in [0.717, 1.165) is 6.92 Å². The van der Waals surface area contributed by atoms with Gasteiger partial charge in [0.15, 0.2) is 0 Å². The highest BCUT2D eigenvalue weighted by Gasteiger charge is 2.29. The fourth-order valence-electron chi connectivity index (χ4n) is 0.815. The standard InChI is InChI=1S/C8H5F5S/c1-4-6(9)2-5(3-7(4)10)14-8(11,12)13/h2-3H,1H3. The topological polar surface area (TPSA) is 0 Å². The molecule has 0 aromatic heterocycles. The Morgan fingerprint density at radius 3 is 1.86 bits per heavy atom. The maximum Gasteiger partial charge on any atom is 0.446 e. The average Bonchev–Trinajstić information content (AvgIpc) is 1.96. The van der Waals surface area contributed by atoms with Crippen LogP contribution < -0.4 is 0 Å². The van der Waals surface area contributed by atoms with Crippen molar-refractivity contribution in [3.05, 3.63) is 29.3 Å². The Morgan fingerprint density at radius 2 is 1.50 bits per heavy atom. The first kappa shape index (κ1) is 11.3. The van der Waals surface area contributed by atoms with Crippen LogP contribution in [0.25, 0.3) is 0 Å². The van der Waals surface area contributed by atoms with Crippen LogP contribution in [0.15, 0.2) is 17.0 Å². The highest BCUT2D eigenvalue weighted by atomic mass is 32.2. The highest BCUT2D eigenvalue weighted by Crippen LogP contribution is 2.37. The third-order valence-electron chi connectivity index (χ3n) is 1.49. The van der Waals surface area contributed by atoms with Crippen molar-refractivity contribution >= 4 is 11.8 Å². The SMILES string of the molecule is Cc1c(F)cc(SC(F)(F)F)cc1F. The minimum Gasteiger partial charge on any atom is -0.207 e. The first-order valence-electron chi connectivity index (χ1n) is 3.51. The molecule has 0 aliphatic rings. The molecule has 0 aliphatic carbocycles. The van der Waals surface area contributed by atoms with Crippen LogP contribution in [0, 0.1) is 18.6 Å². The molecule has 14 heavy (non-hydrogen) atoms. The quantitative estimate of drug-likeness (QED) is 0.519. The molecule has 1 aromatic carbocycles. The molecule has 1 aromatic rings. The number of alkyl halides is 3. The summed E-state index contributed by atoms with van der Waals surface area (Å²) in [6.07, 6.45) is 0. The van der Waals surface area contributed by atoms with Crippen molar-refractivity contribution in [2.24, 2.45) is 0 Å².